The molecule has 3 heteroatoms. The van der Waals surface area contributed by atoms with Crippen molar-refractivity contribution in [2.24, 2.45) is 0 Å². The van der Waals surface area contributed by atoms with Gasteiger partial charge in [0.15, 0.2) is 5.76 Å². The number of hydrogen-bond donors (Lipinski definition) is 0. The van der Waals surface area contributed by atoms with Gasteiger partial charge in [-0.2, -0.15) is 0 Å². The Hall–Kier alpha value is -4.11. The SMILES string of the molecule is O=C1/C(=C\c2ccc3c(c2)c2ccccc2n3-c2ccccc2)Oc2ccccc21. The van der Waals surface area contributed by atoms with E-state index in [-0.39, 0.29) is 5.78 Å². The number of fused-ring (bicyclic) bond motifs is 4. The molecule has 0 spiro atoms. The van der Waals surface area contributed by atoms with Crippen LogP contribution < -0.4 is 4.74 Å². The fourth-order valence-corrected chi connectivity index (χ4v) is 4.22. The van der Waals surface area contributed by atoms with Crippen LogP contribution in [-0.2, 0) is 0 Å². The molecule has 142 valence electrons. The second kappa shape index (κ2) is 6.46. The van der Waals surface area contributed by atoms with Crippen LogP contribution in [0.4, 0.5) is 0 Å². The minimum absolute atomic E-state index is 0.0718. The highest BCUT2D eigenvalue weighted by Gasteiger charge is 2.26. The summed E-state index contributed by atoms with van der Waals surface area (Å²) in [6, 6.07) is 32.4. The number of carbonyl (C=O) groups is 1. The zero-order chi connectivity index (χ0) is 20.1. The van der Waals surface area contributed by atoms with Gasteiger partial charge in [0.25, 0.3) is 0 Å². The molecule has 0 N–H and O–H groups in total. The Labute approximate surface area is 173 Å². The third-order valence-corrected chi connectivity index (χ3v) is 5.58. The summed E-state index contributed by atoms with van der Waals surface area (Å²) in [5, 5.41) is 2.32. The molecule has 0 amide bonds. The number of allylic oxidation sites excluding steroid dienone is 1. The van der Waals surface area contributed by atoms with Crippen LogP contribution in [0.1, 0.15) is 15.9 Å². The second-order valence-electron chi connectivity index (χ2n) is 7.40. The zero-order valence-corrected chi connectivity index (χ0v) is 16.1. The van der Waals surface area contributed by atoms with Crippen LogP contribution in [0.15, 0.2) is 103 Å². The third kappa shape index (κ3) is 2.49. The van der Waals surface area contributed by atoms with Crippen LogP contribution in [-0.4, -0.2) is 10.4 Å². The lowest BCUT2D eigenvalue weighted by Crippen LogP contribution is -1.98. The first kappa shape index (κ1) is 16.8. The molecule has 0 atom stereocenters. The van der Waals surface area contributed by atoms with Gasteiger partial charge in [0.1, 0.15) is 5.75 Å². The van der Waals surface area contributed by atoms with Crippen molar-refractivity contribution in [1.82, 2.24) is 4.57 Å². The van der Waals surface area contributed by atoms with Crippen molar-refractivity contribution in [3.05, 3.63) is 114 Å². The van der Waals surface area contributed by atoms with Crippen molar-refractivity contribution in [2.45, 2.75) is 0 Å². The van der Waals surface area contributed by atoms with Crippen molar-refractivity contribution in [2.75, 3.05) is 0 Å². The van der Waals surface area contributed by atoms with E-state index in [9.17, 15) is 4.79 Å². The van der Waals surface area contributed by atoms with Gasteiger partial charge in [-0.25, -0.2) is 0 Å². The highest BCUT2D eigenvalue weighted by molar-refractivity contribution is 6.15. The van der Waals surface area contributed by atoms with Crippen molar-refractivity contribution in [3.63, 3.8) is 0 Å². The Bertz CT molecular complexity index is 1480. The molecule has 5 aromatic rings. The van der Waals surface area contributed by atoms with Crippen molar-refractivity contribution in [1.29, 1.82) is 0 Å². The van der Waals surface area contributed by atoms with Gasteiger partial charge in [0.2, 0.25) is 5.78 Å². The predicted molar refractivity (Wildman–Crippen MR) is 120 cm³/mol. The summed E-state index contributed by atoms with van der Waals surface area (Å²) in [6.07, 6.45) is 1.83. The van der Waals surface area contributed by atoms with Crippen LogP contribution in [0.25, 0.3) is 33.6 Å². The maximum absolute atomic E-state index is 12.7. The molecule has 1 aromatic heterocycles. The van der Waals surface area contributed by atoms with Crippen LogP contribution in [0.5, 0.6) is 5.75 Å². The van der Waals surface area contributed by atoms with Gasteiger partial charge in [-0.15, -0.1) is 0 Å². The number of aromatic nitrogens is 1. The van der Waals surface area contributed by atoms with E-state index >= 15 is 0 Å². The lowest BCUT2D eigenvalue weighted by Gasteiger charge is -2.07. The number of ether oxygens (including phenoxy) is 1. The molecular weight excluding hydrogens is 370 g/mol. The van der Waals surface area contributed by atoms with Crippen molar-refractivity contribution < 1.29 is 9.53 Å². The number of hydrogen-bond acceptors (Lipinski definition) is 2. The summed E-state index contributed by atoms with van der Waals surface area (Å²) in [4.78, 5) is 12.7. The number of Topliss-reactive ketones (excluding diaryl/α,β-unsaturated/α-hetero) is 1. The number of carbonyl (C=O) groups excluding carboxylic acids is 1. The molecule has 0 saturated heterocycles. The minimum Gasteiger partial charge on any atom is -0.452 e. The largest absolute Gasteiger partial charge is 0.452 e. The molecule has 0 aliphatic carbocycles. The topological polar surface area (TPSA) is 31.2 Å². The van der Waals surface area contributed by atoms with Crippen molar-refractivity contribution >= 4 is 33.7 Å². The van der Waals surface area contributed by atoms with E-state index in [1.165, 1.54) is 5.39 Å². The van der Waals surface area contributed by atoms with E-state index in [4.69, 9.17) is 4.74 Å². The predicted octanol–water partition coefficient (Wildman–Crippen LogP) is 6.40. The number of rotatable bonds is 2. The highest BCUT2D eigenvalue weighted by Crippen LogP contribution is 2.34. The third-order valence-electron chi connectivity index (χ3n) is 5.58. The fraction of sp³-hybridized carbons (Fsp3) is 0. The van der Waals surface area contributed by atoms with Crippen molar-refractivity contribution in [3.8, 4) is 11.4 Å². The number of para-hydroxylation sites is 3. The first-order chi connectivity index (χ1) is 14.8. The van der Waals surface area contributed by atoms with Gasteiger partial charge in [0.05, 0.1) is 16.6 Å². The van der Waals surface area contributed by atoms with Gasteiger partial charge >= 0.3 is 0 Å². The van der Waals surface area contributed by atoms with E-state index in [1.54, 1.807) is 6.07 Å². The van der Waals surface area contributed by atoms with Gasteiger partial charge in [0, 0.05) is 16.5 Å². The molecule has 0 fully saturated rings. The summed E-state index contributed by atoms with van der Waals surface area (Å²) in [5.41, 5.74) is 4.97. The summed E-state index contributed by atoms with van der Waals surface area (Å²) < 4.78 is 8.08. The van der Waals surface area contributed by atoms with E-state index in [2.05, 4.69) is 65.2 Å². The molecule has 1 aliphatic rings. The molecule has 0 bridgehead atoms. The molecule has 4 aromatic carbocycles. The molecule has 3 nitrogen and oxygen atoms in total. The molecule has 1 aliphatic heterocycles. The van der Waals surface area contributed by atoms with Gasteiger partial charge in [-0.1, -0.05) is 54.6 Å². The van der Waals surface area contributed by atoms with Crippen LogP contribution in [0.3, 0.4) is 0 Å². The van der Waals surface area contributed by atoms with E-state index in [0.29, 0.717) is 17.1 Å². The maximum atomic E-state index is 12.7. The number of benzene rings is 4. The van der Waals surface area contributed by atoms with Gasteiger partial charge in [-0.05, 0) is 54.1 Å². The molecule has 30 heavy (non-hydrogen) atoms. The Kier molecular flexibility index (Phi) is 3.62. The summed E-state index contributed by atoms with van der Waals surface area (Å²) >= 11 is 0. The summed E-state index contributed by atoms with van der Waals surface area (Å²) in [6.45, 7) is 0. The normalized spacial score (nSPS) is 14.4. The Morgan fingerprint density at radius 1 is 0.700 bits per heavy atom. The Balaban J connectivity index is 1.53. The smallest absolute Gasteiger partial charge is 0.231 e. The molecule has 6 rings (SSSR count). The van der Waals surface area contributed by atoms with Gasteiger partial charge in [-0.3, -0.25) is 4.79 Å². The standard InChI is InChI=1S/C27H17NO2/c29-27-21-11-5-7-13-25(21)30-26(27)17-18-14-15-24-22(16-18)20-10-4-6-12-23(20)28(24)19-8-2-1-3-9-19/h1-17H/b26-17+. The Morgan fingerprint density at radius 2 is 1.43 bits per heavy atom. The molecule has 2 heterocycles. The van der Waals surface area contributed by atoms with Crippen LogP contribution in [0, 0.1) is 0 Å². The average molecular weight is 387 g/mol. The lowest BCUT2D eigenvalue weighted by molar-refractivity contribution is 0.101. The first-order valence-corrected chi connectivity index (χ1v) is 9.91. The van der Waals surface area contributed by atoms with E-state index in [0.717, 1.165) is 27.7 Å². The monoisotopic (exact) mass is 387 g/mol. The zero-order valence-electron chi connectivity index (χ0n) is 16.1. The number of ketones is 1. The Morgan fingerprint density at radius 3 is 2.30 bits per heavy atom. The quantitative estimate of drug-likeness (QED) is 0.328. The average Bonchev–Trinajstić information content (AvgIpc) is 3.29. The minimum atomic E-state index is -0.0718. The summed E-state index contributed by atoms with van der Waals surface area (Å²) in [5.74, 6) is 0.912. The summed E-state index contributed by atoms with van der Waals surface area (Å²) in [7, 11) is 0. The van der Waals surface area contributed by atoms with E-state index < -0.39 is 0 Å². The second-order valence-corrected chi connectivity index (χ2v) is 7.40. The number of nitrogens with zero attached hydrogens (tertiary/aromatic N) is 1. The molecule has 0 radical (unpaired) electrons. The highest BCUT2D eigenvalue weighted by atomic mass is 16.5. The fourth-order valence-electron chi connectivity index (χ4n) is 4.22. The maximum Gasteiger partial charge on any atom is 0.231 e. The molecule has 0 saturated carbocycles. The molecule has 0 unspecified atom stereocenters. The molecular formula is C27H17NO2. The van der Waals surface area contributed by atoms with Crippen LogP contribution >= 0.6 is 0 Å². The van der Waals surface area contributed by atoms with Crippen LogP contribution in [0.2, 0.25) is 0 Å². The van der Waals surface area contributed by atoms with Gasteiger partial charge < -0.3 is 9.30 Å². The van der Waals surface area contributed by atoms with E-state index in [1.807, 2.05) is 36.4 Å². The lowest BCUT2D eigenvalue weighted by atomic mass is 10.1. The first-order valence-electron chi connectivity index (χ1n) is 9.91.